The lowest BCUT2D eigenvalue weighted by Gasteiger charge is -2.36. The molecule has 3 aromatic carbocycles. The van der Waals surface area contributed by atoms with Crippen molar-refractivity contribution < 1.29 is 26.0 Å². The minimum Gasteiger partial charge on any atom is -0.341 e. The Labute approximate surface area is 257 Å². The van der Waals surface area contributed by atoms with Gasteiger partial charge in [0, 0.05) is 31.6 Å². The van der Waals surface area contributed by atoms with Crippen molar-refractivity contribution in [1.29, 1.82) is 0 Å². The van der Waals surface area contributed by atoms with Crippen molar-refractivity contribution in [2.75, 3.05) is 35.4 Å². The molecule has 228 valence electrons. The fourth-order valence-electron chi connectivity index (χ4n) is 5.75. The highest BCUT2D eigenvalue weighted by molar-refractivity contribution is 7.92. The van der Waals surface area contributed by atoms with Crippen molar-refractivity contribution in [2.45, 2.75) is 38.0 Å². The van der Waals surface area contributed by atoms with E-state index < -0.39 is 25.7 Å². The van der Waals surface area contributed by atoms with Crippen LogP contribution in [0, 0.1) is 18.7 Å². The fraction of sp³-hybridized carbons (Fsp3) is 0.344. The van der Waals surface area contributed by atoms with Crippen molar-refractivity contribution in [3.63, 3.8) is 0 Å². The summed E-state index contributed by atoms with van der Waals surface area (Å²) in [6.07, 6.45) is 3.04. The molecule has 0 saturated carbocycles. The van der Waals surface area contributed by atoms with E-state index in [9.17, 15) is 26.0 Å². The van der Waals surface area contributed by atoms with E-state index in [0.29, 0.717) is 40.3 Å². The summed E-state index contributed by atoms with van der Waals surface area (Å²) in [5, 5.41) is 0.291. The van der Waals surface area contributed by atoms with E-state index >= 15 is 0 Å². The molecule has 5 rings (SSSR count). The van der Waals surface area contributed by atoms with Gasteiger partial charge in [-0.05, 0) is 85.2 Å². The molecule has 0 radical (unpaired) electrons. The second-order valence-corrected chi connectivity index (χ2v) is 15.9. The van der Waals surface area contributed by atoms with Gasteiger partial charge in [0.1, 0.15) is 5.82 Å². The SMILES string of the molecule is C/C(=C\c1ccc2c(c1)N(S(=O)(=O)c1cccc(C)c1)C[C@H](CCC(=O)N1CCS(=O)(=O)CC1)C2)c1c(F)cccc1Cl. The van der Waals surface area contributed by atoms with Gasteiger partial charge in [-0.15, -0.1) is 0 Å². The molecule has 0 aliphatic carbocycles. The molecule has 2 aliphatic heterocycles. The van der Waals surface area contributed by atoms with E-state index in [1.54, 1.807) is 54.3 Å². The number of allylic oxidation sites excluding steroid dienone is 1. The summed E-state index contributed by atoms with van der Waals surface area (Å²) >= 11 is 6.28. The van der Waals surface area contributed by atoms with Gasteiger partial charge in [-0.2, -0.15) is 0 Å². The number of halogens is 2. The van der Waals surface area contributed by atoms with Crippen LogP contribution in [-0.2, 0) is 31.1 Å². The second kappa shape index (κ2) is 12.4. The minimum atomic E-state index is -3.94. The van der Waals surface area contributed by atoms with Crippen LogP contribution in [0.5, 0.6) is 0 Å². The lowest BCUT2D eigenvalue weighted by atomic mass is 9.89. The number of anilines is 1. The molecule has 11 heteroatoms. The first-order chi connectivity index (χ1) is 20.3. The van der Waals surface area contributed by atoms with E-state index in [-0.39, 0.29) is 54.3 Å². The first-order valence-electron chi connectivity index (χ1n) is 14.2. The highest BCUT2D eigenvalue weighted by Crippen LogP contribution is 2.38. The third kappa shape index (κ3) is 6.97. The van der Waals surface area contributed by atoms with Crippen LogP contribution in [0.2, 0.25) is 5.02 Å². The van der Waals surface area contributed by atoms with Crippen LogP contribution in [0.4, 0.5) is 10.1 Å². The highest BCUT2D eigenvalue weighted by Gasteiger charge is 2.34. The molecule has 7 nitrogen and oxygen atoms in total. The normalized spacial score (nSPS) is 18.8. The third-order valence-electron chi connectivity index (χ3n) is 8.09. The van der Waals surface area contributed by atoms with Gasteiger partial charge in [-0.1, -0.05) is 48.0 Å². The number of rotatable bonds is 7. The summed E-state index contributed by atoms with van der Waals surface area (Å²) in [5.74, 6) is -0.734. The van der Waals surface area contributed by atoms with Crippen molar-refractivity contribution >= 4 is 54.7 Å². The van der Waals surface area contributed by atoms with Crippen LogP contribution in [0.1, 0.15) is 42.0 Å². The Balaban J connectivity index is 1.45. The maximum absolute atomic E-state index is 14.6. The second-order valence-electron chi connectivity index (χ2n) is 11.3. The fourth-order valence-corrected chi connectivity index (χ4v) is 8.94. The number of carbonyl (C=O) groups excluding carboxylic acids is 1. The Kier molecular flexibility index (Phi) is 9.02. The zero-order valence-electron chi connectivity index (χ0n) is 24.1. The van der Waals surface area contributed by atoms with Crippen LogP contribution in [0.15, 0.2) is 65.6 Å². The quantitative estimate of drug-likeness (QED) is 0.306. The van der Waals surface area contributed by atoms with Crippen LogP contribution >= 0.6 is 11.6 Å². The number of amides is 1. The Morgan fingerprint density at radius 2 is 1.79 bits per heavy atom. The van der Waals surface area contributed by atoms with E-state index in [2.05, 4.69) is 0 Å². The number of sulfonamides is 1. The monoisotopic (exact) mass is 644 g/mol. The van der Waals surface area contributed by atoms with Gasteiger partial charge in [0.25, 0.3) is 10.0 Å². The average Bonchev–Trinajstić information content (AvgIpc) is 2.95. The molecule has 2 aliphatic rings. The van der Waals surface area contributed by atoms with Gasteiger partial charge in [-0.25, -0.2) is 21.2 Å². The molecule has 1 fully saturated rings. The molecule has 0 spiro atoms. The van der Waals surface area contributed by atoms with Gasteiger partial charge in [0.05, 0.1) is 27.1 Å². The maximum Gasteiger partial charge on any atom is 0.264 e. The Bertz CT molecular complexity index is 1770. The highest BCUT2D eigenvalue weighted by atomic mass is 35.5. The van der Waals surface area contributed by atoms with Crippen LogP contribution in [-0.4, -0.2) is 58.8 Å². The van der Waals surface area contributed by atoms with E-state index in [1.165, 1.54) is 10.4 Å². The Morgan fingerprint density at radius 3 is 2.49 bits per heavy atom. The molecule has 1 amide bonds. The molecule has 0 bridgehead atoms. The van der Waals surface area contributed by atoms with Crippen LogP contribution < -0.4 is 4.31 Å². The summed E-state index contributed by atoms with van der Waals surface area (Å²) in [7, 11) is -7.04. The molecule has 0 aromatic heterocycles. The van der Waals surface area contributed by atoms with Gasteiger partial charge < -0.3 is 4.90 Å². The van der Waals surface area contributed by atoms with Gasteiger partial charge in [-0.3, -0.25) is 9.10 Å². The summed E-state index contributed by atoms with van der Waals surface area (Å²) in [6.45, 7) is 4.17. The molecular formula is C32H34ClFN2O5S2. The Hall–Kier alpha value is -3.21. The zero-order chi connectivity index (χ0) is 30.9. The van der Waals surface area contributed by atoms with Crippen molar-refractivity contribution in [3.05, 3.63) is 93.8 Å². The number of nitrogens with zero attached hydrogens (tertiary/aromatic N) is 2. The van der Waals surface area contributed by atoms with Crippen molar-refractivity contribution in [3.8, 4) is 0 Å². The number of fused-ring (bicyclic) bond motifs is 1. The number of hydrogen-bond donors (Lipinski definition) is 0. The van der Waals surface area contributed by atoms with Crippen LogP contribution in [0.25, 0.3) is 11.6 Å². The minimum absolute atomic E-state index is 0.0303. The largest absolute Gasteiger partial charge is 0.341 e. The van der Waals surface area contributed by atoms with E-state index in [0.717, 1.165) is 11.1 Å². The van der Waals surface area contributed by atoms with Crippen molar-refractivity contribution in [1.82, 2.24) is 4.90 Å². The summed E-state index contributed by atoms with van der Waals surface area (Å²) in [6, 6.07) is 16.8. The molecule has 1 atom stereocenters. The lowest BCUT2D eigenvalue weighted by molar-refractivity contribution is -0.131. The van der Waals surface area contributed by atoms with E-state index in [4.69, 9.17) is 11.6 Å². The van der Waals surface area contributed by atoms with Crippen molar-refractivity contribution in [2.24, 2.45) is 5.92 Å². The predicted octanol–water partition coefficient (Wildman–Crippen LogP) is 5.75. The third-order valence-corrected chi connectivity index (χ3v) is 11.8. The van der Waals surface area contributed by atoms with Gasteiger partial charge >= 0.3 is 0 Å². The van der Waals surface area contributed by atoms with E-state index in [1.807, 2.05) is 25.1 Å². The summed E-state index contributed by atoms with van der Waals surface area (Å²) < 4.78 is 67.6. The van der Waals surface area contributed by atoms with Gasteiger partial charge in [0.15, 0.2) is 9.84 Å². The maximum atomic E-state index is 14.6. The van der Waals surface area contributed by atoms with Gasteiger partial charge in [0.2, 0.25) is 5.91 Å². The predicted molar refractivity (Wildman–Crippen MR) is 169 cm³/mol. The molecule has 3 aromatic rings. The number of aryl methyl sites for hydroxylation is 1. The smallest absolute Gasteiger partial charge is 0.264 e. The lowest BCUT2D eigenvalue weighted by Crippen LogP contribution is -2.44. The molecule has 0 N–H and O–H groups in total. The zero-order valence-corrected chi connectivity index (χ0v) is 26.5. The first kappa shape index (κ1) is 31.2. The molecular weight excluding hydrogens is 611 g/mol. The molecule has 1 saturated heterocycles. The Morgan fingerprint density at radius 1 is 1.07 bits per heavy atom. The molecule has 0 unspecified atom stereocenters. The number of carbonyl (C=O) groups is 1. The molecule has 43 heavy (non-hydrogen) atoms. The summed E-state index contributed by atoms with van der Waals surface area (Å²) in [5.41, 5.74) is 3.80. The standard InChI is InChI=1S/C32H34ClFN2O5S2/c1-22-5-3-6-27(17-22)43(40,41)36-21-25(10-12-31(37)35-13-15-42(38,39)16-14-35)19-26-11-9-24(20-30(26)36)18-23(2)32-28(33)7-4-8-29(32)34/h3-9,11,17-18,20,25H,10,12-16,19,21H2,1-2H3/b23-18+/t25-/m1/s1. The number of sulfone groups is 1. The average molecular weight is 645 g/mol. The first-order valence-corrected chi connectivity index (χ1v) is 17.8. The number of benzene rings is 3. The molecule has 2 heterocycles. The summed E-state index contributed by atoms with van der Waals surface area (Å²) in [4.78, 5) is 14.7. The number of hydrogen-bond acceptors (Lipinski definition) is 5. The topological polar surface area (TPSA) is 91.8 Å². The van der Waals surface area contributed by atoms with Crippen LogP contribution in [0.3, 0.4) is 0 Å².